The molecule has 1 aromatic rings. The van der Waals surface area contributed by atoms with Crippen LogP contribution in [-0.2, 0) is 0 Å². The van der Waals surface area contributed by atoms with Gasteiger partial charge in [-0.25, -0.2) is 0 Å². The first kappa shape index (κ1) is 14.8. The molecule has 0 N–H and O–H groups in total. The molecule has 1 atom stereocenters. The van der Waals surface area contributed by atoms with Crippen LogP contribution in [0.5, 0.6) is 5.75 Å². The first-order valence-corrected chi connectivity index (χ1v) is 6.42. The molecular weight excluding hydrogens is 222 g/mol. The Hall–Kier alpha value is -1.28. The van der Waals surface area contributed by atoms with E-state index in [4.69, 9.17) is 4.74 Å². The Labute approximate surface area is 111 Å². The zero-order chi connectivity index (χ0) is 13.7. The number of hydrogen-bond donors (Lipinski definition) is 0. The number of allylic oxidation sites excluding steroid dienone is 1. The Morgan fingerprint density at radius 1 is 1.28 bits per heavy atom. The summed E-state index contributed by atoms with van der Waals surface area (Å²) in [6, 6.07) is 8.33. The predicted molar refractivity (Wildman–Crippen MR) is 79.0 cm³/mol. The highest BCUT2D eigenvalue weighted by Crippen LogP contribution is 2.29. The van der Waals surface area contributed by atoms with E-state index in [9.17, 15) is 0 Å². The summed E-state index contributed by atoms with van der Waals surface area (Å²) in [6.07, 6.45) is 0. The normalized spacial score (nSPS) is 12.4. The molecule has 0 saturated heterocycles. The lowest BCUT2D eigenvalue weighted by Crippen LogP contribution is -2.21. The van der Waals surface area contributed by atoms with Crippen molar-refractivity contribution in [3.63, 3.8) is 0 Å². The summed E-state index contributed by atoms with van der Waals surface area (Å²) in [4.78, 5) is 2.23. The fraction of sp³-hybridized carbons (Fsp3) is 0.500. The molecule has 0 aliphatic rings. The van der Waals surface area contributed by atoms with Crippen LogP contribution >= 0.6 is 0 Å². The van der Waals surface area contributed by atoms with Gasteiger partial charge in [0.05, 0.1) is 7.11 Å². The van der Waals surface area contributed by atoms with Crippen LogP contribution < -0.4 is 4.74 Å². The molecule has 0 fully saturated rings. The Morgan fingerprint density at radius 3 is 2.44 bits per heavy atom. The highest BCUT2D eigenvalue weighted by atomic mass is 16.5. The van der Waals surface area contributed by atoms with E-state index in [1.165, 1.54) is 16.7 Å². The van der Waals surface area contributed by atoms with E-state index in [0.29, 0.717) is 5.92 Å². The zero-order valence-electron chi connectivity index (χ0n) is 12.4. The Morgan fingerprint density at radius 2 is 1.94 bits per heavy atom. The summed E-state index contributed by atoms with van der Waals surface area (Å²) >= 11 is 0. The van der Waals surface area contributed by atoms with Gasteiger partial charge in [0.25, 0.3) is 0 Å². The molecule has 0 aliphatic heterocycles. The third kappa shape index (κ3) is 3.88. The second-order valence-electron chi connectivity index (χ2n) is 5.31. The number of nitrogens with zero attached hydrogens (tertiary/aromatic N) is 1. The van der Waals surface area contributed by atoms with Crippen molar-refractivity contribution in [3.05, 3.63) is 35.4 Å². The molecule has 0 aromatic heterocycles. The first-order chi connectivity index (χ1) is 8.45. The van der Waals surface area contributed by atoms with Gasteiger partial charge in [-0.05, 0) is 57.1 Å². The second-order valence-corrected chi connectivity index (χ2v) is 5.31. The molecule has 1 aromatic carbocycles. The fourth-order valence-electron chi connectivity index (χ4n) is 2.50. The fourth-order valence-corrected chi connectivity index (χ4v) is 2.50. The Bertz CT molecular complexity index is 417. The first-order valence-electron chi connectivity index (χ1n) is 6.42. The number of hydrogen-bond acceptors (Lipinski definition) is 2. The van der Waals surface area contributed by atoms with E-state index in [1.54, 1.807) is 7.11 Å². The van der Waals surface area contributed by atoms with E-state index in [2.05, 4.69) is 58.0 Å². The maximum atomic E-state index is 5.31. The van der Waals surface area contributed by atoms with Crippen molar-refractivity contribution in [2.24, 2.45) is 5.92 Å². The van der Waals surface area contributed by atoms with Crippen LogP contribution in [0.25, 0.3) is 5.57 Å². The van der Waals surface area contributed by atoms with Crippen molar-refractivity contribution in [2.45, 2.75) is 20.8 Å². The molecule has 0 unspecified atom stereocenters. The Kier molecular flexibility index (Phi) is 5.42. The summed E-state index contributed by atoms with van der Waals surface area (Å²) in [5.41, 5.74) is 4.06. The van der Waals surface area contributed by atoms with Gasteiger partial charge in [0.15, 0.2) is 0 Å². The van der Waals surface area contributed by atoms with Crippen LogP contribution in [0.15, 0.2) is 29.8 Å². The minimum atomic E-state index is 0.511. The van der Waals surface area contributed by atoms with E-state index in [-0.39, 0.29) is 0 Å². The van der Waals surface area contributed by atoms with Crippen molar-refractivity contribution in [3.8, 4) is 5.75 Å². The third-order valence-corrected chi connectivity index (χ3v) is 3.05. The molecule has 100 valence electrons. The van der Waals surface area contributed by atoms with Gasteiger partial charge in [-0.2, -0.15) is 0 Å². The molecule has 2 nitrogen and oxygen atoms in total. The maximum Gasteiger partial charge on any atom is 0.119 e. The Balaban J connectivity index is 3.09. The van der Waals surface area contributed by atoms with E-state index >= 15 is 0 Å². The average Bonchev–Trinajstić information content (AvgIpc) is 2.28. The summed E-state index contributed by atoms with van der Waals surface area (Å²) < 4.78 is 5.31. The van der Waals surface area contributed by atoms with Crippen LogP contribution in [0.2, 0.25) is 0 Å². The van der Waals surface area contributed by atoms with Crippen LogP contribution in [0, 0.1) is 5.92 Å². The SMILES string of the molecule is COc1cccc(C(=C(C)C)[C@@H](C)CN(C)C)c1. The molecule has 0 spiro atoms. The van der Waals surface area contributed by atoms with Gasteiger partial charge in [0.2, 0.25) is 0 Å². The summed E-state index contributed by atoms with van der Waals surface area (Å²) in [6.45, 7) is 7.70. The van der Waals surface area contributed by atoms with Crippen LogP contribution in [0.1, 0.15) is 26.3 Å². The van der Waals surface area contributed by atoms with Gasteiger partial charge < -0.3 is 9.64 Å². The lowest BCUT2D eigenvalue weighted by molar-refractivity contribution is 0.375. The topological polar surface area (TPSA) is 12.5 Å². The second kappa shape index (κ2) is 6.60. The maximum absolute atomic E-state index is 5.31. The predicted octanol–water partition coefficient (Wildman–Crippen LogP) is 3.69. The van der Waals surface area contributed by atoms with Crippen molar-refractivity contribution >= 4 is 5.57 Å². The molecule has 0 bridgehead atoms. The largest absolute Gasteiger partial charge is 0.497 e. The molecule has 0 radical (unpaired) electrons. The quantitative estimate of drug-likeness (QED) is 0.787. The smallest absolute Gasteiger partial charge is 0.119 e. The molecule has 0 aliphatic carbocycles. The zero-order valence-corrected chi connectivity index (χ0v) is 12.4. The molecule has 18 heavy (non-hydrogen) atoms. The van der Waals surface area contributed by atoms with Gasteiger partial charge >= 0.3 is 0 Å². The molecule has 0 saturated carbocycles. The molecular formula is C16H25NO. The van der Waals surface area contributed by atoms with Crippen molar-refractivity contribution < 1.29 is 4.74 Å². The molecule has 2 heteroatoms. The molecule has 0 heterocycles. The van der Waals surface area contributed by atoms with Crippen LogP contribution in [-0.4, -0.2) is 32.6 Å². The number of ether oxygens (including phenoxy) is 1. The van der Waals surface area contributed by atoms with Gasteiger partial charge in [0, 0.05) is 6.54 Å². The minimum Gasteiger partial charge on any atom is -0.497 e. The third-order valence-electron chi connectivity index (χ3n) is 3.05. The lowest BCUT2D eigenvalue weighted by Gasteiger charge is -2.22. The highest BCUT2D eigenvalue weighted by Gasteiger charge is 2.14. The van der Waals surface area contributed by atoms with Crippen molar-refractivity contribution in [1.29, 1.82) is 0 Å². The average molecular weight is 247 g/mol. The summed E-state index contributed by atoms with van der Waals surface area (Å²) in [5.74, 6) is 1.43. The monoisotopic (exact) mass is 247 g/mol. The molecule has 1 rings (SSSR count). The van der Waals surface area contributed by atoms with Gasteiger partial charge in [-0.1, -0.05) is 24.6 Å². The van der Waals surface area contributed by atoms with Gasteiger partial charge in [-0.15, -0.1) is 0 Å². The summed E-state index contributed by atoms with van der Waals surface area (Å²) in [7, 11) is 5.94. The van der Waals surface area contributed by atoms with Gasteiger partial charge in [0.1, 0.15) is 5.75 Å². The van der Waals surface area contributed by atoms with E-state index < -0.39 is 0 Å². The van der Waals surface area contributed by atoms with Crippen LogP contribution in [0.3, 0.4) is 0 Å². The van der Waals surface area contributed by atoms with Crippen molar-refractivity contribution in [1.82, 2.24) is 4.90 Å². The van der Waals surface area contributed by atoms with Crippen LogP contribution in [0.4, 0.5) is 0 Å². The molecule has 0 amide bonds. The number of methoxy groups -OCH3 is 1. The van der Waals surface area contributed by atoms with Gasteiger partial charge in [-0.3, -0.25) is 0 Å². The van der Waals surface area contributed by atoms with E-state index in [1.807, 2.05) is 6.07 Å². The van der Waals surface area contributed by atoms with E-state index in [0.717, 1.165) is 12.3 Å². The van der Waals surface area contributed by atoms with Crippen molar-refractivity contribution in [2.75, 3.05) is 27.7 Å². The minimum absolute atomic E-state index is 0.511. The lowest BCUT2D eigenvalue weighted by atomic mass is 9.90. The summed E-state index contributed by atoms with van der Waals surface area (Å²) in [5, 5.41) is 0. The number of rotatable bonds is 5. The number of benzene rings is 1. The highest BCUT2D eigenvalue weighted by molar-refractivity contribution is 5.70. The standard InChI is InChI=1S/C16H25NO/c1-12(2)16(13(3)11-17(4)5)14-8-7-9-15(10-14)18-6/h7-10,13H,11H2,1-6H3/t13-/m0/s1.